The fourth-order valence-corrected chi connectivity index (χ4v) is 0.698. The molecule has 0 saturated heterocycles. The molecule has 0 heterocycles. The first-order valence-electron chi connectivity index (χ1n) is 2.92. The molecule has 0 aliphatic heterocycles. The summed E-state index contributed by atoms with van der Waals surface area (Å²) in [5, 5.41) is 0. The molecule has 0 rings (SSSR count). The quantitative estimate of drug-likeness (QED) is 0.484. The van der Waals surface area contributed by atoms with E-state index < -0.39 is 0 Å². The number of carbonyl (C=O) groups excluding carboxylic acids is 1. The highest BCUT2D eigenvalue weighted by Crippen LogP contribution is 2.05. The van der Waals surface area contributed by atoms with E-state index in [1.807, 2.05) is 19.9 Å². The normalized spacial score (nSPS) is 12.3. The molecule has 0 aliphatic carbocycles. The maximum absolute atomic E-state index is 10.5. The van der Waals surface area contributed by atoms with Crippen molar-refractivity contribution in [3.8, 4) is 0 Å². The van der Waals surface area contributed by atoms with E-state index >= 15 is 0 Å². The second kappa shape index (κ2) is 3.83. The Hall–Kier alpha value is -0.110. The van der Waals surface area contributed by atoms with Gasteiger partial charge in [-0.15, -0.1) is 0 Å². The first-order valence-corrected chi connectivity index (χ1v) is 3.71. The van der Waals surface area contributed by atoms with Crippen molar-refractivity contribution < 1.29 is 4.79 Å². The molecule has 0 radical (unpaired) electrons. The Kier molecular flexibility index (Phi) is 3.78. The van der Waals surface area contributed by atoms with Crippen LogP contribution in [-0.4, -0.2) is 4.69 Å². The second-order valence-electron chi connectivity index (χ2n) is 2.37. The van der Waals surface area contributed by atoms with Gasteiger partial charge in [0.1, 0.15) is 0 Å². The minimum atomic E-state index is -0.0174. The van der Waals surface area contributed by atoms with Crippen molar-refractivity contribution in [3.05, 3.63) is 11.6 Å². The molecule has 0 fully saturated rings. The van der Waals surface area contributed by atoms with Crippen LogP contribution in [0.25, 0.3) is 0 Å². The molecule has 0 spiro atoms. The molecular formula is C7H11BrO. The molecule has 0 saturated carbocycles. The van der Waals surface area contributed by atoms with Crippen LogP contribution in [0.15, 0.2) is 11.6 Å². The van der Waals surface area contributed by atoms with Crippen molar-refractivity contribution in [1.82, 2.24) is 0 Å². The second-order valence-corrected chi connectivity index (χ2v) is 3.09. The molecule has 0 aliphatic rings. The average Bonchev–Trinajstić information content (AvgIpc) is 1.63. The minimum absolute atomic E-state index is 0.0174. The molecule has 0 unspecified atom stereocenters. The predicted octanol–water partition coefficient (Wildman–Crippen LogP) is 2.51. The maximum atomic E-state index is 10.5. The Balaban J connectivity index is 4.00. The molecule has 9 heavy (non-hydrogen) atoms. The summed E-state index contributed by atoms with van der Waals surface area (Å²) < 4.78 is -0.0174. The highest BCUT2D eigenvalue weighted by molar-refractivity contribution is 9.18. The van der Waals surface area contributed by atoms with Crippen LogP contribution in [0.1, 0.15) is 20.8 Å². The first kappa shape index (κ1) is 8.89. The van der Waals surface area contributed by atoms with Gasteiger partial charge in [-0.2, -0.15) is 0 Å². The van der Waals surface area contributed by atoms with Crippen molar-refractivity contribution in [2.75, 3.05) is 0 Å². The van der Waals surface area contributed by atoms with Crippen LogP contribution in [0.3, 0.4) is 0 Å². The van der Waals surface area contributed by atoms with Crippen LogP contribution >= 0.6 is 15.9 Å². The number of hydrogen-bond acceptors (Lipinski definition) is 1. The molecule has 0 aromatic heterocycles. The van der Waals surface area contributed by atoms with Gasteiger partial charge in [-0.3, -0.25) is 4.79 Å². The maximum Gasteiger partial charge on any atom is 0.223 e. The van der Waals surface area contributed by atoms with Gasteiger partial charge >= 0.3 is 0 Å². The zero-order valence-electron chi connectivity index (χ0n) is 5.94. The van der Waals surface area contributed by atoms with Gasteiger partial charge in [0.25, 0.3) is 0 Å². The number of halogens is 1. The van der Waals surface area contributed by atoms with E-state index in [4.69, 9.17) is 0 Å². The lowest BCUT2D eigenvalue weighted by Crippen LogP contribution is -1.89. The summed E-state index contributed by atoms with van der Waals surface area (Å²) in [5.74, 6) is 0.450. The smallest absolute Gasteiger partial charge is 0.223 e. The molecule has 52 valence electrons. The third kappa shape index (κ3) is 4.40. The monoisotopic (exact) mass is 190 g/mol. The molecule has 0 aromatic carbocycles. The molecule has 0 bridgehead atoms. The molecule has 2 heteroatoms. The standard InChI is InChI=1S/C7H11BrO/c1-5(2)4-6(3)7(8)9/h4-5H,1-3H3/b6-4+. The molecule has 1 nitrogen and oxygen atoms in total. The van der Waals surface area contributed by atoms with E-state index in [0.717, 1.165) is 5.57 Å². The van der Waals surface area contributed by atoms with Gasteiger partial charge in [-0.1, -0.05) is 19.9 Å². The summed E-state index contributed by atoms with van der Waals surface area (Å²) in [5.41, 5.74) is 0.782. The Labute approximate surface area is 64.3 Å². The van der Waals surface area contributed by atoms with Gasteiger partial charge in [-0.25, -0.2) is 0 Å². The molecular weight excluding hydrogens is 180 g/mol. The molecule has 0 atom stereocenters. The summed E-state index contributed by atoms with van der Waals surface area (Å²) in [7, 11) is 0. The summed E-state index contributed by atoms with van der Waals surface area (Å²) in [6.07, 6.45) is 1.93. The number of rotatable bonds is 2. The van der Waals surface area contributed by atoms with E-state index in [1.165, 1.54) is 0 Å². The van der Waals surface area contributed by atoms with Crippen LogP contribution in [0.5, 0.6) is 0 Å². The van der Waals surface area contributed by atoms with Crippen LogP contribution in [-0.2, 0) is 4.79 Å². The topological polar surface area (TPSA) is 17.1 Å². The van der Waals surface area contributed by atoms with Gasteiger partial charge in [-0.05, 0) is 34.3 Å². The van der Waals surface area contributed by atoms with Gasteiger partial charge in [0.2, 0.25) is 4.69 Å². The van der Waals surface area contributed by atoms with Crippen molar-refractivity contribution in [2.24, 2.45) is 5.92 Å². The van der Waals surface area contributed by atoms with E-state index in [0.29, 0.717) is 5.92 Å². The minimum Gasteiger partial charge on any atom is -0.281 e. The van der Waals surface area contributed by atoms with Crippen molar-refractivity contribution in [1.29, 1.82) is 0 Å². The SMILES string of the molecule is C/C(=C\C(C)C)C(=O)Br. The van der Waals surface area contributed by atoms with Crippen molar-refractivity contribution in [2.45, 2.75) is 20.8 Å². The van der Waals surface area contributed by atoms with Crippen molar-refractivity contribution in [3.63, 3.8) is 0 Å². The number of hydrogen-bond donors (Lipinski definition) is 0. The van der Waals surface area contributed by atoms with Crippen LogP contribution in [0.4, 0.5) is 0 Å². The van der Waals surface area contributed by atoms with E-state index in [1.54, 1.807) is 6.92 Å². The fourth-order valence-electron chi connectivity index (χ4n) is 0.566. The lowest BCUT2D eigenvalue weighted by Gasteiger charge is -1.95. The molecule has 0 aromatic rings. The summed E-state index contributed by atoms with van der Waals surface area (Å²) in [6, 6.07) is 0. The van der Waals surface area contributed by atoms with Gasteiger partial charge in [0.15, 0.2) is 0 Å². The first-order chi connectivity index (χ1) is 4.04. The van der Waals surface area contributed by atoms with Gasteiger partial charge < -0.3 is 0 Å². The van der Waals surface area contributed by atoms with Crippen LogP contribution in [0.2, 0.25) is 0 Å². The summed E-state index contributed by atoms with van der Waals surface area (Å²) >= 11 is 2.86. The van der Waals surface area contributed by atoms with Crippen LogP contribution in [0, 0.1) is 5.92 Å². The lowest BCUT2D eigenvalue weighted by molar-refractivity contribution is -0.107. The Morgan fingerprint density at radius 1 is 1.56 bits per heavy atom. The number of allylic oxidation sites excluding steroid dienone is 2. The van der Waals surface area contributed by atoms with E-state index in [2.05, 4.69) is 15.9 Å². The Bertz CT molecular complexity index is 136. The highest BCUT2D eigenvalue weighted by Gasteiger charge is 1.97. The zero-order valence-corrected chi connectivity index (χ0v) is 7.53. The fraction of sp³-hybridized carbons (Fsp3) is 0.571. The third-order valence-electron chi connectivity index (χ3n) is 0.893. The zero-order chi connectivity index (χ0) is 7.44. The Morgan fingerprint density at radius 2 is 2.00 bits per heavy atom. The Morgan fingerprint density at radius 3 is 2.11 bits per heavy atom. The van der Waals surface area contributed by atoms with Gasteiger partial charge in [0, 0.05) is 0 Å². The summed E-state index contributed by atoms with van der Waals surface area (Å²) in [4.78, 5) is 10.5. The average molecular weight is 191 g/mol. The highest BCUT2D eigenvalue weighted by atomic mass is 79.9. The third-order valence-corrected chi connectivity index (χ3v) is 1.52. The lowest BCUT2D eigenvalue weighted by atomic mass is 10.1. The molecule has 0 amide bonds. The predicted molar refractivity (Wildman–Crippen MR) is 42.5 cm³/mol. The molecule has 0 N–H and O–H groups in total. The van der Waals surface area contributed by atoms with E-state index in [-0.39, 0.29) is 4.69 Å². The van der Waals surface area contributed by atoms with Crippen LogP contribution < -0.4 is 0 Å². The largest absolute Gasteiger partial charge is 0.281 e. The van der Waals surface area contributed by atoms with E-state index in [9.17, 15) is 4.79 Å². The van der Waals surface area contributed by atoms with Crippen molar-refractivity contribution >= 4 is 20.6 Å². The van der Waals surface area contributed by atoms with Gasteiger partial charge in [0.05, 0.1) is 0 Å². The summed E-state index contributed by atoms with van der Waals surface area (Å²) in [6.45, 7) is 5.88. The number of carbonyl (C=O) groups is 1.